The maximum absolute atomic E-state index is 11.6. The van der Waals surface area contributed by atoms with Crippen molar-refractivity contribution in [1.29, 1.82) is 0 Å². The van der Waals surface area contributed by atoms with Crippen molar-refractivity contribution < 1.29 is 18.1 Å². The second-order valence-corrected chi connectivity index (χ2v) is 7.42. The number of phenols is 1. The van der Waals surface area contributed by atoms with Crippen molar-refractivity contribution in [3.8, 4) is 11.4 Å². The van der Waals surface area contributed by atoms with E-state index in [1.165, 1.54) is 10.9 Å². The van der Waals surface area contributed by atoms with Crippen LogP contribution in [0.2, 0.25) is 0 Å². The van der Waals surface area contributed by atoms with Crippen LogP contribution in [0.4, 0.5) is 0 Å². The molecule has 1 aromatic heterocycles. The van der Waals surface area contributed by atoms with Crippen molar-refractivity contribution in [3.05, 3.63) is 42.0 Å². The first-order valence-electron chi connectivity index (χ1n) is 7.41. The largest absolute Gasteiger partial charge is 0.505 e. The Kier molecular flexibility index (Phi) is 4.02. The highest BCUT2D eigenvalue weighted by molar-refractivity contribution is 7.85. The zero-order valence-corrected chi connectivity index (χ0v) is 14.0. The first kappa shape index (κ1) is 16.4. The van der Waals surface area contributed by atoms with E-state index in [1.54, 1.807) is 24.3 Å². The second kappa shape index (κ2) is 5.88. The van der Waals surface area contributed by atoms with Gasteiger partial charge in [-0.05, 0) is 42.2 Å². The molecular weight excluding hydrogens is 330 g/mol. The molecule has 2 aromatic carbocycles. The average molecular weight is 347 g/mol. The second-order valence-electron chi connectivity index (χ2n) is 6.00. The Morgan fingerprint density at radius 1 is 1.12 bits per heavy atom. The Labute approximate surface area is 139 Å². The summed E-state index contributed by atoms with van der Waals surface area (Å²) in [7, 11) is -4.42. The van der Waals surface area contributed by atoms with Crippen LogP contribution in [0, 0.1) is 5.92 Å². The lowest BCUT2D eigenvalue weighted by Crippen LogP contribution is -2.07. The number of hydrogen-bond donors (Lipinski definition) is 2. The van der Waals surface area contributed by atoms with E-state index >= 15 is 0 Å². The highest BCUT2D eigenvalue weighted by Gasteiger charge is 2.20. The Hall–Kier alpha value is -2.45. The van der Waals surface area contributed by atoms with Gasteiger partial charge in [-0.1, -0.05) is 26.0 Å². The molecule has 1 heterocycles. The van der Waals surface area contributed by atoms with E-state index in [9.17, 15) is 18.1 Å². The fraction of sp³-hybridized carbons (Fsp3) is 0.250. The zero-order chi connectivity index (χ0) is 17.5. The molecule has 0 aliphatic heterocycles. The molecule has 24 heavy (non-hydrogen) atoms. The van der Waals surface area contributed by atoms with E-state index in [4.69, 9.17) is 0 Å². The number of fused-ring (bicyclic) bond motifs is 1. The van der Waals surface area contributed by atoms with Gasteiger partial charge in [0, 0.05) is 0 Å². The van der Waals surface area contributed by atoms with Crippen LogP contribution in [-0.4, -0.2) is 33.1 Å². The minimum atomic E-state index is -4.42. The number of hydrogen-bond acceptors (Lipinski definition) is 5. The van der Waals surface area contributed by atoms with E-state index in [1.807, 2.05) is 13.8 Å². The third kappa shape index (κ3) is 3.10. The summed E-state index contributed by atoms with van der Waals surface area (Å²) >= 11 is 0. The van der Waals surface area contributed by atoms with Gasteiger partial charge in [0.1, 0.15) is 22.5 Å². The van der Waals surface area contributed by atoms with Gasteiger partial charge in [-0.3, -0.25) is 4.55 Å². The van der Waals surface area contributed by atoms with Crippen LogP contribution in [0.3, 0.4) is 0 Å². The van der Waals surface area contributed by atoms with Crippen molar-refractivity contribution in [2.45, 2.75) is 25.2 Å². The van der Waals surface area contributed by atoms with Crippen LogP contribution in [0.1, 0.15) is 19.4 Å². The maximum atomic E-state index is 11.6. The minimum absolute atomic E-state index is 0.101. The van der Waals surface area contributed by atoms with Crippen molar-refractivity contribution in [2.75, 3.05) is 0 Å². The summed E-state index contributed by atoms with van der Waals surface area (Å²) in [5.74, 6) is 0.0847. The van der Waals surface area contributed by atoms with Crippen LogP contribution >= 0.6 is 0 Å². The number of phenolic OH excluding ortho intramolecular Hbond substituents is 1. The molecule has 0 saturated carbocycles. The monoisotopic (exact) mass is 347 g/mol. The lowest BCUT2D eigenvalue weighted by atomic mass is 10.0. The Bertz CT molecular complexity index is 976. The third-order valence-corrected chi connectivity index (χ3v) is 4.40. The number of rotatable bonds is 4. The van der Waals surface area contributed by atoms with Gasteiger partial charge >= 0.3 is 0 Å². The quantitative estimate of drug-likeness (QED) is 0.703. The summed E-state index contributed by atoms with van der Waals surface area (Å²) in [5.41, 5.74) is 1.74. The fourth-order valence-corrected chi connectivity index (χ4v) is 3.07. The zero-order valence-electron chi connectivity index (χ0n) is 13.2. The number of aromatic hydroxyl groups is 1. The molecule has 0 fully saturated rings. The molecule has 0 amide bonds. The van der Waals surface area contributed by atoms with Crippen molar-refractivity contribution in [2.24, 2.45) is 5.92 Å². The van der Waals surface area contributed by atoms with Gasteiger partial charge in [0.2, 0.25) is 0 Å². The summed E-state index contributed by atoms with van der Waals surface area (Å²) in [6.07, 6.45) is 0.447. The van der Waals surface area contributed by atoms with E-state index in [2.05, 4.69) is 10.2 Å². The van der Waals surface area contributed by atoms with Crippen LogP contribution in [0.5, 0.6) is 5.75 Å². The Balaban J connectivity index is 2.25. The molecule has 0 spiro atoms. The molecule has 0 unspecified atom stereocenters. The van der Waals surface area contributed by atoms with E-state index in [0.717, 1.165) is 6.07 Å². The van der Waals surface area contributed by atoms with E-state index < -0.39 is 10.1 Å². The Morgan fingerprint density at radius 2 is 1.71 bits per heavy atom. The standard InChI is InChI=1S/C16H17N3O4S/c1-10(2)7-11-8-12(24(21,22)23)9-15(16(11)20)19-17-13-5-3-4-6-14(13)18-19/h3-6,8-10,20H,7H2,1-2H3,(H,21,22,23). The maximum Gasteiger partial charge on any atom is 0.294 e. The van der Waals surface area contributed by atoms with Gasteiger partial charge in [0.25, 0.3) is 10.1 Å². The number of benzene rings is 2. The van der Waals surface area contributed by atoms with Gasteiger partial charge in [-0.25, -0.2) is 0 Å². The molecular formula is C16H17N3O4S. The normalized spacial score (nSPS) is 12.2. The summed E-state index contributed by atoms with van der Waals surface area (Å²) in [4.78, 5) is 0.880. The van der Waals surface area contributed by atoms with Crippen LogP contribution in [0.15, 0.2) is 41.3 Å². The van der Waals surface area contributed by atoms with Gasteiger partial charge in [0.15, 0.2) is 0 Å². The lowest BCUT2D eigenvalue weighted by molar-refractivity contribution is 0.453. The van der Waals surface area contributed by atoms with Gasteiger partial charge in [0.05, 0.1) is 4.90 Å². The molecule has 8 heteroatoms. The molecule has 0 atom stereocenters. The van der Waals surface area contributed by atoms with Crippen molar-refractivity contribution >= 4 is 21.2 Å². The van der Waals surface area contributed by atoms with Crippen molar-refractivity contribution in [3.63, 3.8) is 0 Å². The Morgan fingerprint density at radius 3 is 2.21 bits per heavy atom. The first-order valence-corrected chi connectivity index (χ1v) is 8.85. The predicted molar refractivity (Wildman–Crippen MR) is 88.9 cm³/mol. The fourth-order valence-electron chi connectivity index (χ4n) is 2.51. The van der Waals surface area contributed by atoms with Crippen LogP contribution in [-0.2, 0) is 16.5 Å². The predicted octanol–water partition coefficient (Wildman–Crippen LogP) is 2.57. The molecule has 0 aliphatic rings. The summed E-state index contributed by atoms with van der Waals surface area (Å²) < 4.78 is 32.5. The van der Waals surface area contributed by atoms with Gasteiger partial charge < -0.3 is 5.11 Å². The molecule has 3 aromatic rings. The highest BCUT2D eigenvalue weighted by atomic mass is 32.2. The molecule has 0 radical (unpaired) electrons. The minimum Gasteiger partial charge on any atom is -0.505 e. The van der Waals surface area contributed by atoms with E-state index in [-0.39, 0.29) is 22.3 Å². The van der Waals surface area contributed by atoms with Gasteiger partial charge in [-0.15, -0.1) is 15.0 Å². The average Bonchev–Trinajstić information content (AvgIpc) is 2.91. The third-order valence-electron chi connectivity index (χ3n) is 3.57. The summed E-state index contributed by atoms with van der Waals surface area (Å²) in [6.45, 7) is 3.89. The number of nitrogens with zero attached hydrogens (tertiary/aromatic N) is 3. The van der Waals surface area contributed by atoms with E-state index in [0.29, 0.717) is 23.0 Å². The first-order chi connectivity index (χ1) is 11.3. The summed E-state index contributed by atoms with van der Waals surface area (Å²) in [6, 6.07) is 9.57. The van der Waals surface area contributed by atoms with Crippen LogP contribution in [0.25, 0.3) is 16.7 Å². The molecule has 0 aliphatic carbocycles. The van der Waals surface area contributed by atoms with Crippen molar-refractivity contribution in [1.82, 2.24) is 15.0 Å². The summed E-state index contributed by atoms with van der Waals surface area (Å²) in [5, 5.41) is 19.0. The van der Waals surface area contributed by atoms with Gasteiger partial charge in [-0.2, -0.15) is 8.42 Å². The smallest absolute Gasteiger partial charge is 0.294 e. The molecule has 3 rings (SSSR count). The number of aromatic nitrogens is 3. The topological polar surface area (TPSA) is 105 Å². The molecule has 7 nitrogen and oxygen atoms in total. The highest BCUT2D eigenvalue weighted by Crippen LogP contribution is 2.31. The SMILES string of the molecule is CC(C)Cc1cc(S(=O)(=O)O)cc(-n2nc3ccccc3n2)c1O. The molecule has 0 bridgehead atoms. The molecule has 126 valence electrons. The lowest BCUT2D eigenvalue weighted by Gasteiger charge is -2.12. The molecule has 2 N–H and O–H groups in total. The molecule has 0 saturated heterocycles. The van der Waals surface area contributed by atoms with Crippen LogP contribution < -0.4 is 0 Å².